The SMILES string of the molecule is CCC1OCCC1CNS(=O)(=O)c1c(C)oc(C)c1CO. The standard InChI is InChI=1S/C14H23NO5S/c1-4-13-11(5-6-19-13)7-15-21(17,18)14-10(3)20-9(2)12(14)8-16/h11,13,15-16H,4-8H2,1-3H3. The van der Waals surface area contributed by atoms with Crippen LogP contribution in [0, 0.1) is 19.8 Å². The van der Waals surface area contributed by atoms with Gasteiger partial charge in [-0.05, 0) is 26.7 Å². The van der Waals surface area contributed by atoms with Crippen molar-refractivity contribution in [3.8, 4) is 0 Å². The van der Waals surface area contributed by atoms with Crippen molar-refractivity contribution < 1.29 is 22.7 Å². The third kappa shape index (κ3) is 3.31. The lowest BCUT2D eigenvalue weighted by molar-refractivity contribution is 0.0884. The summed E-state index contributed by atoms with van der Waals surface area (Å²) in [4.78, 5) is 0.0643. The predicted octanol–water partition coefficient (Wildman–Crippen LogP) is 1.48. The number of aryl methyl sites for hydroxylation is 2. The molecule has 7 heteroatoms. The lowest BCUT2D eigenvalue weighted by Crippen LogP contribution is -2.33. The third-order valence-corrected chi connectivity index (χ3v) is 5.65. The largest absolute Gasteiger partial charge is 0.465 e. The number of furan rings is 1. The average molecular weight is 317 g/mol. The van der Waals surface area contributed by atoms with Crippen LogP contribution in [0.2, 0.25) is 0 Å². The molecule has 2 heterocycles. The fourth-order valence-corrected chi connectivity index (χ4v) is 4.44. The Kier molecular flexibility index (Phi) is 5.08. The molecule has 0 aromatic carbocycles. The van der Waals surface area contributed by atoms with E-state index >= 15 is 0 Å². The van der Waals surface area contributed by atoms with Gasteiger partial charge in [-0.1, -0.05) is 6.92 Å². The van der Waals surface area contributed by atoms with E-state index in [9.17, 15) is 13.5 Å². The maximum Gasteiger partial charge on any atom is 0.244 e. The van der Waals surface area contributed by atoms with E-state index in [1.54, 1.807) is 13.8 Å². The van der Waals surface area contributed by atoms with Crippen molar-refractivity contribution in [1.29, 1.82) is 0 Å². The van der Waals surface area contributed by atoms with Gasteiger partial charge < -0.3 is 14.3 Å². The number of rotatable bonds is 6. The monoisotopic (exact) mass is 317 g/mol. The van der Waals surface area contributed by atoms with Gasteiger partial charge in [-0.25, -0.2) is 13.1 Å². The van der Waals surface area contributed by atoms with Gasteiger partial charge in [0, 0.05) is 24.6 Å². The van der Waals surface area contributed by atoms with Gasteiger partial charge in [0.2, 0.25) is 10.0 Å². The summed E-state index contributed by atoms with van der Waals surface area (Å²) in [5.74, 6) is 0.931. The van der Waals surface area contributed by atoms with Crippen LogP contribution in [-0.2, 0) is 21.4 Å². The first kappa shape index (κ1) is 16.5. The topological polar surface area (TPSA) is 88.8 Å². The Morgan fingerprint density at radius 3 is 2.67 bits per heavy atom. The molecule has 1 aromatic rings. The molecule has 0 radical (unpaired) electrons. The molecule has 1 aliphatic heterocycles. The van der Waals surface area contributed by atoms with Crippen LogP contribution in [0.25, 0.3) is 0 Å². The van der Waals surface area contributed by atoms with Crippen molar-refractivity contribution in [1.82, 2.24) is 4.72 Å². The Bertz CT molecular complexity index is 593. The van der Waals surface area contributed by atoms with Crippen LogP contribution in [0.15, 0.2) is 9.31 Å². The lowest BCUT2D eigenvalue weighted by Gasteiger charge is -2.17. The van der Waals surface area contributed by atoms with Crippen molar-refractivity contribution in [3.63, 3.8) is 0 Å². The van der Waals surface area contributed by atoms with E-state index in [4.69, 9.17) is 9.15 Å². The van der Waals surface area contributed by atoms with Crippen LogP contribution in [-0.4, -0.2) is 32.8 Å². The number of nitrogens with one attached hydrogen (secondary N) is 1. The summed E-state index contributed by atoms with van der Waals surface area (Å²) in [5, 5.41) is 9.36. The van der Waals surface area contributed by atoms with Crippen LogP contribution < -0.4 is 4.72 Å². The molecule has 1 aliphatic rings. The molecule has 0 aliphatic carbocycles. The summed E-state index contributed by atoms with van der Waals surface area (Å²) >= 11 is 0. The zero-order valence-electron chi connectivity index (χ0n) is 12.7. The number of aliphatic hydroxyl groups is 1. The highest BCUT2D eigenvalue weighted by Gasteiger charge is 2.31. The fourth-order valence-electron chi connectivity index (χ4n) is 2.91. The second-order valence-electron chi connectivity index (χ2n) is 5.40. The average Bonchev–Trinajstić information content (AvgIpc) is 2.99. The van der Waals surface area contributed by atoms with Crippen molar-refractivity contribution in [3.05, 3.63) is 17.1 Å². The third-order valence-electron chi connectivity index (χ3n) is 4.04. The van der Waals surface area contributed by atoms with E-state index in [1.807, 2.05) is 6.92 Å². The molecular weight excluding hydrogens is 294 g/mol. The Morgan fingerprint density at radius 1 is 1.33 bits per heavy atom. The molecule has 1 saturated heterocycles. The summed E-state index contributed by atoms with van der Waals surface area (Å²) < 4.78 is 38.5. The Balaban J connectivity index is 2.16. The first-order chi connectivity index (χ1) is 9.90. The van der Waals surface area contributed by atoms with Crippen LogP contribution in [0.5, 0.6) is 0 Å². The van der Waals surface area contributed by atoms with Crippen LogP contribution >= 0.6 is 0 Å². The lowest BCUT2D eigenvalue weighted by atomic mass is 10.0. The normalized spacial score (nSPS) is 22.9. The number of aliphatic hydroxyl groups excluding tert-OH is 1. The molecule has 0 saturated carbocycles. The van der Waals surface area contributed by atoms with Crippen molar-refractivity contribution >= 4 is 10.0 Å². The minimum atomic E-state index is -3.69. The van der Waals surface area contributed by atoms with Gasteiger partial charge in [0.05, 0.1) is 12.7 Å². The Labute approximate surface area is 125 Å². The minimum absolute atomic E-state index is 0.0643. The van der Waals surface area contributed by atoms with Gasteiger partial charge in [0.25, 0.3) is 0 Å². The van der Waals surface area contributed by atoms with E-state index in [2.05, 4.69) is 4.72 Å². The zero-order chi connectivity index (χ0) is 15.6. The highest BCUT2D eigenvalue weighted by atomic mass is 32.2. The van der Waals surface area contributed by atoms with Crippen molar-refractivity contribution in [2.75, 3.05) is 13.2 Å². The number of hydrogen-bond donors (Lipinski definition) is 2. The molecule has 2 N–H and O–H groups in total. The van der Waals surface area contributed by atoms with Gasteiger partial charge in [0.1, 0.15) is 16.4 Å². The van der Waals surface area contributed by atoms with Gasteiger partial charge in [-0.3, -0.25) is 0 Å². The van der Waals surface area contributed by atoms with E-state index in [-0.39, 0.29) is 23.5 Å². The maximum atomic E-state index is 12.5. The molecule has 21 heavy (non-hydrogen) atoms. The van der Waals surface area contributed by atoms with Crippen LogP contribution in [0.3, 0.4) is 0 Å². The molecule has 120 valence electrons. The van der Waals surface area contributed by atoms with E-state index in [0.717, 1.165) is 12.8 Å². The fraction of sp³-hybridized carbons (Fsp3) is 0.714. The van der Waals surface area contributed by atoms with Gasteiger partial charge in [-0.2, -0.15) is 0 Å². The van der Waals surface area contributed by atoms with E-state index in [0.29, 0.717) is 30.2 Å². The molecule has 0 amide bonds. The first-order valence-electron chi connectivity index (χ1n) is 7.21. The van der Waals surface area contributed by atoms with Crippen LogP contribution in [0.4, 0.5) is 0 Å². The van der Waals surface area contributed by atoms with Crippen LogP contribution in [0.1, 0.15) is 36.8 Å². The minimum Gasteiger partial charge on any atom is -0.465 e. The second-order valence-corrected chi connectivity index (χ2v) is 7.10. The number of ether oxygens (including phenoxy) is 1. The summed E-state index contributed by atoms with van der Waals surface area (Å²) in [7, 11) is -3.69. The number of hydrogen-bond acceptors (Lipinski definition) is 5. The van der Waals surface area contributed by atoms with Gasteiger partial charge in [-0.15, -0.1) is 0 Å². The first-order valence-corrected chi connectivity index (χ1v) is 8.70. The summed E-state index contributed by atoms with van der Waals surface area (Å²) in [6.07, 6.45) is 1.84. The molecule has 2 rings (SSSR count). The Hall–Kier alpha value is -0.890. The second kappa shape index (κ2) is 6.48. The quantitative estimate of drug-likeness (QED) is 0.829. The molecule has 2 atom stereocenters. The van der Waals surface area contributed by atoms with E-state index in [1.165, 1.54) is 0 Å². The molecule has 6 nitrogen and oxygen atoms in total. The smallest absolute Gasteiger partial charge is 0.244 e. The Morgan fingerprint density at radius 2 is 2.05 bits per heavy atom. The molecule has 1 fully saturated rings. The highest BCUT2D eigenvalue weighted by Crippen LogP contribution is 2.27. The molecular formula is C14H23NO5S. The predicted molar refractivity (Wildman–Crippen MR) is 77.4 cm³/mol. The van der Waals surface area contributed by atoms with Gasteiger partial charge >= 0.3 is 0 Å². The maximum absolute atomic E-state index is 12.5. The molecule has 2 unspecified atom stereocenters. The summed E-state index contributed by atoms with van der Waals surface area (Å²) in [6, 6.07) is 0. The highest BCUT2D eigenvalue weighted by molar-refractivity contribution is 7.89. The molecule has 0 spiro atoms. The number of sulfonamides is 1. The van der Waals surface area contributed by atoms with Gasteiger partial charge in [0.15, 0.2) is 0 Å². The van der Waals surface area contributed by atoms with Crippen molar-refractivity contribution in [2.24, 2.45) is 5.92 Å². The van der Waals surface area contributed by atoms with Crippen molar-refractivity contribution in [2.45, 2.75) is 51.2 Å². The van der Waals surface area contributed by atoms with E-state index < -0.39 is 10.0 Å². The summed E-state index contributed by atoms with van der Waals surface area (Å²) in [6.45, 7) is 5.93. The zero-order valence-corrected chi connectivity index (χ0v) is 13.5. The summed E-state index contributed by atoms with van der Waals surface area (Å²) in [5.41, 5.74) is 0.328. The molecule has 1 aromatic heterocycles. The molecule has 0 bridgehead atoms.